The van der Waals surface area contributed by atoms with Gasteiger partial charge in [-0.25, -0.2) is 19.9 Å². The molecule has 61 heavy (non-hydrogen) atoms. The molecule has 288 valence electrons. The number of hydrogen-bond donors (Lipinski definition) is 0. The number of pyridine rings is 1. The first-order valence-electron chi connectivity index (χ1n) is 20.8. The number of rotatable bonds is 7. The van der Waals surface area contributed by atoms with Crippen LogP contribution in [-0.2, 0) is 5.41 Å². The summed E-state index contributed by atoms with van der Waals surface area (Å²) in [5, 5.41) is 1.14. The summed E-state index contributed by atoms with van der Waals surface area (Å²) in [6.07, 6.45) is 0. The molecular formula is C57H40N4. The molecule has 0 fully saturated rings. The minimum Gasteiger partial charge on any atom is -0.248 e. The fourth-order valence-corrected chi connectivity index (χ4v) is 8.91. The predicted octanol–water partition coefficient (Wildman–Crippen LogP) is 14.4. The maximum Gasteiger partial charge on any atom is 0.164 e. The average Bonchev–Trinajstić information content (AvgIpc) is 3.56. The number of nitrogens with zero attached hydrogens (tertiary/aromatic N) is 4. The smallest absolute Gasteiger partial charge is 0.164 e. The van der Waals surface area contributed by atoms with Crippen LogP contribution in [0, 0.1) is 0 Å². The minimum atomic E-state index is -0.130. The highest BCUT2D eigenvalue weighted by Gasteiger charge is 2.35. The van der Waals surface area contributed by atoms with Crippen molar-refractivity contribution in [2.75, 3.05) is 0 Å². The van der Waals surface area contributed by atoms with Crippen molar-refractivity contribution < 1.29 is 0 Å². The van der Waals surface area contributed by atoms with Crippen LogP contribution < -0.4 is 0 Å². The van der Waals surface area contributed by atoms with Gasteiger partial charge in [0.15, 0.2) is 17.5 Å². The first-order chi connectivity index (χ1) is 30.0. The van der Waals surface area contributed by atoms with E-state index in [0.29, 0.717) is 17.5 Å². The van der Waals surface area contributed by atoms with Gasteiger partial charge in [0.05, 0.1) is 11.2 Å². The Morgan fingerprint density at radius 3 is 1.41 bits per heavy atom. The summed E-state index contributed by atoms with van der Waals surface area (Å²) in [4.78, 5) is 20.3. The molecule has 1 aliphatic carbocycles. The molecule has 0 atom stereocenters. The van der Waals surface area contributed by atoms with Crippen molar-refractivity contribution >= 4 is 10.9 Å². The molecule has 4 heteroatoms. The lowest BCUT2D eigenvalue weighted by Crippen LogP contribution is -2.14. The van der Waals surface area contributed by atoms with Crippen LogP contribution in [0.15, 0.2) is 206 Å². The lowest BCUT2D eigenvalue weighted by Gasteiger charge is -2.22. The summed E-state index contributed by atoms with van der Waals surface area (Å²) in [6, 6.07) is 72.7. The standard InChI is InChI=1S/C57H40N4/c1-57(2)50-27-13-12-26-46(50)48-34-49-47(35-52(58-53(49)36-51(48)57)44-24-14-22-42(32-44)37-16-6-3-7-17-37)39-30-28-38(29-31-39)43-23-15-25-45(33-43)56-60-54(40-18-8-4-9-19-40)59-55(61-56)41-20-10-5-11-21-41/h3-36H,1-2H3. The topological polar surface area (TPSA) is 51.6 Å². The van der Waals surface area contributed by atoms with E-state index in [4.69, 9.17) is 19.9 Å². The van der Waals surface area contributed by atoms with Gasteiger partial charge < -0.3 is 0 Å². The third kappa shape index (κ3) is 6.59. The largest absolute Gasteiger partial charge is 0.248 e. The average molecular weight is 781 g/mol. The number of fused-ring (bicyclic) bond motifs is 4. The van der Waals surface area contributed by atoms with E-state index >= 15 is 0 Å². The van der Waals surface area contributed by atoms with Crippen LogP contribution in [-0.4, -0.2) is 19.9 Å². The molecule has 0 N–H and O–H groups in total. The Bertz CT molecular complexity index is 3190. The van der Waals surface area contributed by atoms with E-state index in [2.05, 4.69) is 159 Å². The van der Waals surface area contributed by atoms with Crippen molar-refractivity contribution in [1.82, 2.24) is 19.9 Å². The van der Waals surface area contributed by atoms with E-state index in [1.54, 1.807) is 0 Å². The van der Waals surface area contributed by atoms with E-state index in [9.17, 15) is 0 Å². The molecule has 0 spiro atoms. The van der Waals surface area contributed by atoms with Crippen LogP contribution in [0.3, 0.4) is 0 Å². The molecule has 0 bridgehead atoms. The summed E-state index contributed by atoms with van der Waals surface area (Å²) in [5.41, 5.74) is 17.8. The van der Waals surface area contributed by atoms with Gasteiger partial charge in [0.1, 0.15) is 0 Å². The van der Waals surface area contributed by atoms with Crippen LogP contribution in [0.4, 0.5) is 0 Å². The summed E-state index contributed by atoms with van der Waals surface area (Å²) >= 11 is 0. The molecule has 0 amide bonds. The fraction of sp³-hybridized carbons (Fsp3) is 0.0526. The molecule has 11 rings (SSSR count). The van der Waals surface area contributed by atoms with Crippen LogP contribution in [0.5, 0.6) is 0 Å². The number of benzene rings is 8. The van der Waals surface area contributed by atoms with Gasteiger partial charge in [-0.3, -0.25) is 0 Å². The highest BCUT2D eigenvalue weighted by atomic mass is 15.0. The second-order valence-electron chi connectivity index (χ2n) is 16.3. The Labute approximate surface area is 356 Å². The molecule has 8 aromatic carbocycles. The van der Waals surface area contributed by atoms with Crippen LogP contribution in [0.25, 0.3) is 101 Å². The van der Waals surface area contributed by atoms with Gasteiger partial charge in [0, 0.05) is 33.1 Å². The SMILES string of the molecule is CC1(C)c2ccccc2-c2cc3c(-c4ccc(-c5cccc(-c6nc(-c7ccccc7)nc(-c7ccccc7)n6)c5)cc4)cc(-c4cccc(-c5ccccc5)c4)nc3cc21. The third-order valence-electron chi connectivity index (χ3n) is 12.1. The normalized spacial score (nSPS) is 12.6. The molecule has 4 nitrogen and oxygen atoms in total. The van der Waals surface area contributed by atoms with Gasteiger partial charge in [-0.2, -0.15) is 0 Å². The second kappa shape index (κ2) is 14.8. The van der Waals surface area contributed by atoms with Crippen LogP contribution >= 0.6 is 0 Å². The molecule has 0 saturated carbocycles. The molecule has 0 radical (unpaired) electrons. The highest BCUT2D eigenvalue weighted by Crippen LogP contribution is 2.50. The first kappa shape index (κ1) is 36.3. The van der Waals surface area contributed by atoms with Gasteiger partial charge in [-0.1, -0.05) is 190 Å². The maximum atomic E-state index is 5.41. The quantitative estimate of drug-likeness (QED) is 0.162. The van der Waals surface area contributed by atoms with Crippen molar-refractivity contribution in [1.29, 1.82) is 0 Å². The summed E-state index contributed by atoms with van der Waals surface area (Å²) < 4.78 is 0. The lowest BCUT2D eigenvalue weighted by atomic mass is 9.82. The van der Waals surface area contributed by atoms with Crippen LogP contribution in [0.1, 0.15) is 25.0 Å². The van der Waals surface area contributed by atoms with Crippen LogP contribution in [0.2, 0.25) is 0 Å². The van der Waals surface area contributed by atoms with Gasteiger partial charge in [-0.05, 0) is 86.0 Å². The zero-order chi connectivity index (χ0) is 40.9. The van der Waals surface area contributed by atoms with Crippen molar-refractivity contribution in [3.8, 4) is 89.9 Å². The molecule has 1 aliphatic rings. The zero-order valence-corrected chi connectivity index (χ0v) is 33.9. The minimum absolute atomic E-state index is 0.130. The van der Waals surface area contributed by atoms with E-state index in [1.807, 2.05) is 60.7 Å². The van der Waals surface area contributed by atoms with E-state index in [1.165, 1.54) is 33.4 Å². The second-order valence-corrected chi connectivity index (χ2v) is 16.3. The van der Waals surface area contributed by atoms with E-state index < -0.39 is 0 Å². The van der Waals surface area contributed by atoms with Gasteiger partial charge >= 0.3 is 0 Å². The Hall–Kier alpha value is -7.82. The molecular weight excluding hydrogens is 741 g/mol. The summed E-state index contributed by atoms with van der Waals surface area (Å²) in [6.45, 7) is 4.66. The lowest BCUT2D eigenvalue weighted by molar-refractivity contribution is 0.661. The van der Waals surface area contributed by atoms with Gasteiger partial charge in [0.2, 0.25) is 0 Å². The maximum absolute atomic E-state index is 5.41. The number of aromatic nitrogens is 4. The van der Waals surface area contributed by atoms with Gasteiger partial charge in [0.25, 0.3) is 0 Å². The Kier molecular flexibility index (Phi) is 8.79. The Morgan fingerprint density at radius 2 is 0.770 bits per heavy atom. The highest BCUT2D eigenvalue weighted by molar-refractivity contribution is 6.02. The van der Waals surface area contributed by atoms with E-state index in [-0.39, 0.29) is 5.41 Å². The molecule has 2 aromatic heterocycles. The van der Waals surface area contributed by atoms with E-state index in [0.717, 1.165) is 61.1 Å². The fourth-order valence-electron chi connectivity index (χ4n) is 8.91. The first-order valence-corrected chi connectivity index (χ1v) is 20.8. The molecule has 0 saturated heterocycles. The third-order valence-corrected chi connectivity index (χ3v) is 12.1. The van der Waals surface area contributed by atoms with Crippen molar-refractivity contribution in [2.45, 2.75) is 19.3 Å². The summed E-state index contributed by atoms with van der Waals surface area (Å²) in [5.74, 6) is 1.93. The summed E-state index contributed by atoms with van der Waals surface area (Å²) in [7, 11) is 0. The van der Waals surface area contributed by atoms with Crippen molar-refractivity contribution in [3.63, 3.8) is 0 Å². The molecule has 0 unspecified atom stereocenters. The Morgan fingerprint density at radius 1 is 0.295 bits per heavy atom. The number of hydrogen-bond acceptors (Lipinski definition) is 4. The Balaban J connectivity index is 1.02. The van der Waals surface area contributed by atoms with Gasteiger partial charge in [-0.15, -0.1) is 0 Å². The van der Waals surface area contributed by atoms with Crippen molar-refractivity contribution in [3.05, 3.63) is 217 Å². The molecule has 10 aromatic rings. The molecule has 2 heterocycles. The molecule has 0 aliphatic heterocycles. The monoisotopic (exact) mass is 780 g/mol. The zero-order valence-electron chi connectivity index (χ0n) is 33.9. The predicted molar refractivity (Wildman–Crippen MR) is 251 cm³/mol. The van der Waals surface area contributed by atoms with Crippen molar-refractivity contribution in [2.24, 2.45) is 0 Å².